The van der Waals surface area contributed by atoms with E-state index in [9.17, 15) is 0 Å². The molecule has 0 heterocycles. The zero-order chi connectivity index (χ0) is 25.0. The van der Waals surface area contributed by atoms with Crippen LogP contribution in [-0.2, 0) is 11.8 Å². The molecule has 1 unspecified atom stereocenters. The Hall–Kier alpha value is -3.30. The topological polar surface area (TPSA) is 21.6 Å². The molecule has 36 heavy (non-hydrogen) atoms. The number of thioether (sulfide) groups is 1. The third kappa shape index (κ3) is 4.99. The van der Waals surface area contributed by atoms with Crippen molar-refractivity contribution < 1.29 is 4.74 Å². The van der Waals surface area contributed by atoms with E-state index in [1.54, 1.807) is 18.9 Å². The van der Waals surface area contributed by atoms with Crippen LogP contribution >= 0.6 is 11.8 Å². The largest absolute Gasteiger partial charge is 0.497 e. The molecule has 4 aromatic rings. The van der Waals surface area contributed by atoms with Crippen LogP contribution in [0.2, 0.25) is 0 Å². The first kappa shape index (κ1) is 24.4. The summed E-state index contributed by atoms with van der Waals surface area (Å²) in [5, 5.41) is 0. The van der Waals surface area contributed by atoms with E-state index in [4.69, 9.17) is 9.73 Å². The van der Waals surface area contributed by atoms with Crippen LogP contribution in [0.4, 0.5) is 5.69 Å². The highest BCUT2D eigenvalue weighted by atomic mass is 32.2. The molecule has 0 spiro atoms. The van der Waals surface area contributed by atoms with E-state index in [2.05, 4.69) is 110 Å². The molecular weight excluding hydrogens is 458 g/mol. The Bertz CT molecular complexity index is 1350. The number of aliphatic imine (C=N–C) groups is 1. The van der Waals surface area contributed by atoms with Crippen molar-refractivity contribution in [2.24, 2.45) is 4.99 Å². The van der Waals surface area contributed by atoms with Gasteiger partial charge < -0.3 is 4.74 Å². The van der Waals surface area contributed by atoms with Crippen molar-refractivity contribution >= 4 is 23.7 Å². The number of hydrogen-bond acceptors (Lipinski definition) is 3. The van der Waals surface area contributed by atoms with Gasteiger partial charge in [-0.1, -0.05) is 85.8 Å². The molecule has 5 rings (SSSR count). The van der Waals surface area contributed by atoms with Crippen LogP contribution in [-0.4, -0.2) is 19.6 Å². The Morgan fingerprint density at radius 3 is 2.36 bits per heavy atom. The van der Waals surface area contributed by atoms with Crippen molar-refractivity contribution in [3.05, 3.63) is 125 Å². The van der Waals surface area contributed by atoms with Gasteiger partial charge in [0.1, 0.15) is 5.75 Å². The summed E-state index contributed by atoms with van der Waals surface area (Å²) in [4.78, 5) is 6.38. The average molecular weight is 492 g/mol. The molecule has 0 saturated heterocycles. The van der Waals surface area contributed by atoms with E-state index in [-0.39, 0.29) is 5.41 Å². The van der Waals surface area contributed by atoms with Crippen molar-refractivity contribution in [2.75, 3.05) is 13.4 Å². The maximum atomic E-state index is 5.81. The second-order valence-corrected chi connectivity index (χ2v) is 10.7. The first-order valence-corrected chi connectivity index (χ1v) is 13.8. The van der Waals surface area contributed by atoms with E-state index in [0.717, 1.165) is 36.3 Å². The lowest BCUT2D eigenvalue weighted by Crippen LogP contribution is -2.32. The van der Waals surface area contributed by atoms with E-state index in [1.165, 1.54) is 27.1 Å². The lowest BCUT2D eigenvalue weighted by atomic mass is 9.63. The first-order valence-electron chi connectivity index (χ1n) is 12.6. The van der Waals surface area contributed by atoms with E-state index >= 15 is 0 Å². The lowest BCUT2D eigenvalue weighted by molar-refractivity contribution is 0.371. The molecule has 1 aliphatic carbocycles. The highest BCUT2D eigenvalue weighted by Crippen LogP contribution is 2.51. The number of methoxy groups -OCH3 is 1. The second kappa shape index (κ2) is 10.8. The predicted molar refractivity (Wildman–Crippen MR) is 153 cm³/mol. The quantitative estimate of drug-likeness (QED) is 0.191. The summed E-state index contributed by atoms with van der Waals surface area (Å²) in [6, 6.07) is 34.6. The fraction of sp³-hybridized carbons (Fsp3) is 0.242. The Kier molecular flexibility index (Phi) is 7.29. The zero-order valence-corrected chi connectivity index (χ0v) is 22.1. The fourth-order valence-electron chi connectivity index (χ4n) is 5.68. The minimum Gasteiger partial charge on any atom is -0.497 e. The van der Waals surface area contributed by atoms with Crippen molar-refractivity contribution in [3.63, 3.8) is 0 Å². The molecule has 0 amide bonds. The van der Waals surface area contributed by atoms with Crippen LogP contribution in [0.15, 0.2) is 107 Å². The summed E-state index contributed by atoms with van der Waals surface area (Å²) in [6.45, 7) is 2.42. The van der Waals surface area contributed by atoms with Crippen molar-refractivity contribution in [1.29, 1.82) is 0 Å². The number of benzene rings is 4. The molecule has 0 fully saturated rings. The summed E-state index contributed by atoms with van der Waals surface area (Å²) in [6.07, 6.45) is 7.33. The van der Waals surface area contributed by atoms with E-state index in [1.807, 2.05) is 6.21 Å². The maximum absolute atomic E-state index is 5.81. The Balaban J connectivity index is 1.69. The second-order valence-electron chi connectivity index (χ2n) is 9.84. The standard InChI is InChI=1S/C33H33NOS/c1-33(22-24-12-6-4-7-13-24)19-18-28(25-14-8-5-9-15-25)29-20-27(35-2)21-30(32(29)33)34-23-26-16-10-11-17-31(26)36-3/h4-17,20-21,23,28H,18-19,22H2,1-3H3/t28?,33-/m1/s1. The van der Waals surface area contributed by atoms with Gasteiger partial charge >= 0.3 is 0 Å². The molecule has 4 aromatic carbocycles. The van der Waals surface area contributed by atoms with Gasteiger partial charge in [-0.15, -0.1) is 11.8 Å². The van der Waals surface area contributed by atoms with Crippen LogP contribution in [0, 0.1) is 0 Å². The number of hydrogen-bond donors (Lipinski definition) is 0. The molecule has 0 bridgehead atoms. The van der Waals surface area contributed by atoms with Gasteiger partial charge in [-0.25, -0.2) is 0 Å². The molecule has 0 saturated carbocycles. The van der Waals surface area contributed by atoms with Crippen LogP contribution in [0.3, 0.4) is 0 Å². The average Bonchev–Trinajstić information content (AvgIpc) is 2.92. The van der Waals surface area contributed by atoms with Crippen LogP contribution in [0.25, 0.3) is 0 Å². The van der Waals surface area contributed by atoms with Crippen molar-refractivity contribution in [3.8, 4) is 5.75 Å². The van der Waals surface area contributed by atoms with Gasteiger partial charge in [-0.05, 0) is 65.3 Å². The molecule has 182 valence electrons. The summed E-state index contributed by atoms with van der Waals surface area (Å²) in [5.74, 6) is 1.19. The third-order valence-electron chi connectivity index (χ3n) is 7.44. The molecule has 0 aliphatic heterocycles. The number of nitrogens with zero attached hydrogens (tertiary/aromatic N) is 1. The molecule has 0 aromatic heterocycles. The SMILES string of the molecule is COc1cc(N=Cc2ccccc2SC)c2c(c1)C(c1ccccc1)CC[C@]2(C)Cc1ccccc1. The lowest BCUT2D eigenvalue weighted by Gasteiger charge is -2.41. The van der Waals surface area contributed by atoms with Gasteiger partial charge in [0.05, 0.1) is 12.8 Å². The summed E-state index contributed by atoms with van der Waals surface area (Å²) in [5.41, 5.74) is 7.54. The van der Waals surface area contributed by atoms with Crippen molar-refractivity contribution in [1.82, 2.24) is 0 Å². The zero-order valence-electron chi connectivity index (χ0n) is 21.3. The summed E-state index contributed by atoms with van der Waals surface area (Å²) < 4.78 is 5.81. The van der Waals surface area contributed by atoms with Gasteiger partial charge in [-0.2, -0.15) is 0 Å². The maximum Gasteiger partial charge on any atom is 0.121 e. The minimum absolute atomic E-state index is 0.0278. The summed E-state index contributed by atoms with van der Waals surface area (Å²) in [7, 11) is 1.75. The van der Waals surface area contributed by atoms with Crippen LogP contribution < -0.4 is 4.74 Å². The third-order valence-corrected chi connectivity index (χ3v) is 8.25. The van der Waals surface area contributed by atoms with Crippen LogP contribution in [0.1, 0.15) is 53.5 Å². The number of rotatable bonds is 7. The first-order chi connectivity index (χ1) is 17.6. The van der Waals surface area contributed by atoms with Gasteiger partial charge in [0, 0.05) is 28.7 Å². The van der Waals surface area contributed by atoms with Crippen LogP contribution in [0.5, 0.6) is 5.75 Å². The van der Waals surface area contributed by atoms with Gasteiger partial charge in [0.15, 0.2) is 0 Å². The molecule has 1 aliphatic rings. The normalized spacial score (nSPS) is 19.2. The Morgan fingerprint density at radius 2 is 1.64 bits per heavy atom. The number of fused-ring (bicyclic) bond motifs is 1. The van der Waals surface area contributed by atoms with Gasteiger partial charge in [0.2, 0.25) is 0 Å². The smallest absolute Gasteiger partial charge is 0.121 e. The molecule has 2 atom stereocenters. The molecule has 0 radical (unpaired) electrons. The fourth-order valence-corrected chi connectivity index (χ4v) is 6.26. The Morgan fingerprint density at radius 1 is 0.944 bits per heavy atom. The van der Waals surface area contributed by atoms with Gasteiger partial charge in [0.25, 0.3) is 0 Å². The minimum atomic E-state index is -0.0278. The van der Waals surface area contributed by atoms with Gasteiger partial charge in [-0.3, -0.25) is 4.99 Å². The Labute approximate surface area is 219 Å². The van der Waals surface area contributed by atoms with Crippen molar-refractivity contribution in [2.45, 2.75) is 42.4 Å². The molecule has 0 N–H and O–H groups in total. The molecule has 3 heteroatoms. The monoisotopic (exact) mass is 491 g/mol. The highest BCUT2D eigenvalue weighted by Gasteiger charge is 2.39. The molecule has 2 nitrogen and oxygen atoms in total. The van der Waals surface area contributed by atoms with E-state index < -0.39 is 0 Å². The molecular formula is C33H33NOS. The summed E-state index contributed by atoms with van der Waals surface area (Å²) >= 11 is 1.75. The predicted octanol–water partition coefficient (Wildman–Crippen LogP) is 8.59. The number of ether oxygens (including phenoxy) is 1. The highest BCUT2D eigenvalue weighted by molar-refractivity contribution is 7.98. The van der Waals surface area contributed by atoms with E-state index in [0.29, 0.717) is 5.92 Å².